The van der Waals surface area contributed by atoms with Gasteiger partial charge in [0.2, 0.25) is 5.91 Å². The van der Waals surface area contributed by atoms with Crippen LogP contribution < -0.4 is 10.1 Å². The molecular formula is C21H23Cl2N3O2. The van der Waals surface area contributed by atoms with Gasteiger partial charge in [0, 0.05) is 39.1 Å². The monoisotopic (exact) mass is 419 g/mol. The average Bonchev–Trinajstić information content (AvgIpc) is 3.15. The van der Waals surface area contributed by atoms with Crippen LogP contribution in [0.2, 0.25) is 10.0 Å². The molecule has 5 nitrogen and oxygen atoms in total. The molecule has 1 fully saturated rings. The lowest BCUT2D eigenvalue weighted by Crippen LogP contribution is -2.48. The highest BCUT2D eigenvalue weighted by molar-refractivity contribution is 6.44. The second-order valence-electron chi connectivity index (χ2n) is 7.24. The third kappa shape index (κ3) is 4.61. The molecule has 148 valence electrons. The lowest BCUT2D eigenvalue weighted by atomic mass is 10.1. The molecule has 0 bridgehead atoms. The smallest absolute Gasteiger partial charge is 0.238 e. The second-order valence-corrected chi connectivity index (χ2v) is 8.03. The fraction of sp³-hybridized carbons (Fsp3) is 0.381. The molecule has 28 heavy (non-hydrogen) atoms. The summed E-state index contributed by atoms with van der Waals surface area (Å²) in [6, 6.07) is 11.7. The number of hydrogen-bond acceptors (Lipinski definition) is 4. The number of amides is 1. The fourth-order valence-electron chi connectivity index (χ4n) is 3.70. The van der Waals surface area contributed by atoms with Crippen LogP contribution in [-0.2, 0) is 17.8 Å². The zero-order chi connectivity index (χ0) is 19.5. The Labute approximate surface area is 175 Å². The van der Waals surface area contributed by atoms with Crippen LogP contribution in [0.1, 0.15) is 11.1 Å². The molecule has 2 aliphatic rings. The SMILES string of the molecule is O=C(CN1CCN(Cc2ccc3c(c2)CCO3)CC1)Nc1cccc(Cl)c1Cl. The van der Waals surface area contributed by atoms with Crippen LogP contribution in [0, 0.1) is 0 Å². The van der Waals surface area contributed by atoms with Crippen LogP contribution in [0.15, 0.2) is 36.4 Å². The summed E-state index contributed by atoms with van der Waals surface area (Å²) < 4.78 is 5.58. The van der Waals surface area contributed by atoms with Gasteiger partial charge in [-0.25, -0.2) is 0 Å². The zero-order valence-electron chi connectivity index (χ0n) is 15.6. The van der Waals surface area contributed by atoms with E-state index in [0.29, 0.717) is 22.3 Å². The van der Waals surface area contributed by atoms with Crippen molar-refractivity contribution in [2.75, 3.05) is 44.6 Å². The number of benzene rings is 2. The van der Waals surface area contributed by atoms with Crippen molar-refractivity contribution < 1.29 is 9.53 Å². The molecule has 0 radical (unpaired) electrons. The van der Waals surface area contributed by atoms with Crippen molar-refractivity contribution in [2.24, 2.45) is 0 Å². The molecule has 1 amide bonds. The Morgan fingerprint density at radius 1 is 1.07 bits per heavy atom. The van der Waals surface area contributed by atoms with Gasteiger partial charge in [-0.15, -0.1) is 0 Å². The van der Waals surface area contributed by atoms with E-state index in [4.69, 9.17) is 27.9 Å². The Hall–Kier alpha value is -1.79. The van der Waals surface area contributed by atoms with E-state index in [1.54, 1.807) is 18.2 Å². The Kier molecular flexibility index (Phi) is 6.07. The molecule has 0 spiro atoms. The zero-order valence-corrected chi connectivity index (χ0v) is 17.1. The largest absolute Gasteiger partial charge is 0.493 e. The summed E-state index contributed by atoms with van der Waals surface area (Å²) in [5, 5.41) is 3.66. The molecule has 2 aromatic carbocycles. The average molecular weight is 420 g/mol. The first-order valence-corrected chi connectivity index (χ1v) is 10.3. The highest BCUT2D eigenvalue weighted by Crippen LogP contribution is 2.29. The van der Waals surface area contributed by atoms with E-state index < -0.39 is 0 Å². The number of halogens is 2. The van der Waals surface area contributed by atoms with E-state index in [-0.39, 0.29) is 5.91 Å². The van der Waals surface area contributed by atoms with Gasteiger partial charge >= 0.3 is 0 Å². The van der Waals surface area contributed by atoms with Crippen LogP contribution in [0.5, 0.6) is 5.75 Å². The Balaban J connectivity index is 1.25. The van der Waals surface area contributed by atoms with E-state index in [1.807, 2.05) is 0 Å². The van der Waals surface area contributed by atoms with Gasteiger partial charge in [-0.3, -0.25) is 14.6 Å². The number of piperazine rings is 1. The summed E-state index contributed by atoms with van der Waals surface area (Å²) in [5.74, 6) is 0.954. The minimum atomic E-state index is -0.0729. The maximum atomic E-state index is 12.3. The Bertz CT molecular complexity index is 867. The van der Waals surface area contributed by atoms with Gasteiger partial charge in [0.05, 0.1) is 28.9 Å². The first kappa shape index (κ1) is 19.5. The molecule has 0 aromatic heterocycles. The van der Waals surface area contributed by atoms with Crippen molar-refractivity contribution in [1.29, 1.82) is 0 Å². The summed E-state index contributed by atoms with van der Waals surface area (Å²) in [5.41, 5.74) is 3.19. The fourth-order valence-corrected chi connectivity index (χ4v) is 4.04. The predicted molar refractivity (Wildman–Crippen MR) is 112 cm³/mol. The van der Waals surface area contributed by atoms with Gasteiger partial charge in [0.15, 0.2) is 0 Å². The van der Waals surface area contributed by atoms with Crippen LogP contribution in [0.4, 0.5) is 5.69 Å². The maximum Gasteiger partial charge on any atom is 0.238 e. The van der Waals surface area contributed by atoms with Gasteiger partial charge in [-0.1, -0.05) is 41.4 Å². The normalized spacial score (nSPS) is 17.2. The number of carbonyl (C=O) groups excluding carboxylic acids is 1. The number of fused-ring (bicyclic) bond motifs is 1. The van der Waals surface area contributed by atoms with Crippen LogP contribution in [0.25, 0.3) is 0 Å². The number of carbonyl (C=O) groups is 1. The first-order valence-electron chi connectivity index (χ1n) is 9.51. The molecular weight excluding hydrogens is 397 g/mol. The molecule has 0 unspecified atom stereocenters. The van der Waals surface area contributed by atoms with Crippen molar-refractivity contribution >= 4 is 34.8 Å². The van der Waals surface area contributed by atoms with E-state index >= 15 is 0 Å². The van der Waals surface area contributed by atoms with Crippen LogP contribution in [-0.4, -0.2) is 55.0 Å². The summed E-state index contributed by atoms with van der Waals surface area (Å²) >= 11 is 12.1. The molecule has 7 heteroatoms. The number of rotatable bonds is 5. The molecule has 1 N–H and O–H groups in total. The van der Waals surface area contributed by atoms with Gasteiger partial charge in [-0.05, 0) is 29.3 Å². The molecule has 0 atom stereocenters. The van der Waals surface area contributed by atoms with Gasteiger partial charge < -0.3 is 10.1 Å². The third-order valence-corrected chi connectivity index (χ3v) is 6.04. The summed E-state index contributed by atoms with van der Waals surface area (Å²) in [4.78, 5) is 16.9. The summed E-state index contributed by atoms with van der Waals surface area (Å²) in [6.07, 6.45) is 1.00. The number of ether oxygens (including phenoxy) is 1. The number of nitrogens with zero attached hydrogens (tertiary/aromatic N) is 2. The minimum Gasteiger partial charge on any atom is -0.493 e. The van der Waals surface area contributed by atoms with Crippen LogP contribution >= 0.6 is 23.2 Å². The maximum absolute atomic E-state index is 12.3. The quantitative estimate of drug-likeness (QED) is 0.802. The van der Waals surface area contributed by atoms with Crippen molar-refractivity contribution in [3.8, 4) is 5.75 Å². The second kappa shape index (κ2) is 8.70. The topological polar surface area (TPSA) is 44.8 Å². The summed E-state index contributed by atoms with van der Waals surface area (Å²) in [6.45, 7) is 5.70. The van der Waals surface area contributed by atoms with E-state index in [0.717, 1.165) is 51.5 Å². The van der Waals surface area contributed by atoms with Gasteiger partial charge in [0.25, 0.3) is 0 Å². The molecule has 2 heterocycles. The Morgan fingerprint density at radius 3 is 2.68 bits per heavy atom. The van der Waals surface area contributed by atoms with Gasteiger partial charge in [0.1, 0.15) is 5.75 Å². The lowest BCUT2D eigenvalue weighted by molar-refractivity contribution is -0.117. The standard InChI is InChI=1S/C21H23Cl2N3O2/c22-17-2-1-3-18(21(17)23)24-20(27)14-26-9-7-25(8-10-26)13-15-4-5-19-16(12-15)6-11-28-19/h1-5,12H,6-11,13-14H2,(H,24,27). The van der Waals surface area contributed by atoms with Crippen LogP contribution in [0.3, 0.4) is 0 Å². The van der Waals surface area contributed by atoms with E-state index in [2.05, 4.69) is 33.3 Å². The molecule has 1 saturated heterocycles. The number of anilines is 1. The predicted octanol–water partition coefficient (Wildman–Crippen LogP) is 3.68. The minimum absolute atomic E-state index is 0.0729. The molecule has 4 rings (SSSR count). The van der Waals surface area contributed by atoms with E-state index in [9.17, 15) is 4.79 Å². The lowest BCUT2D eigenvalue weighted by Gasteiger charge is -2.34. The number of hydrogen-bond donors (Lipinski definition) is 1. The highest BCUT2D eigenvalue weighted by atomic mass is 35.5. The van der Waals surface area contributed by atoms with Crippen molar-refractivity contribution in [3.05, 3.63) is 57.6 Å². The van der Waals surface area contributed by atoms with E-state index in [1.165, 1.54) is 11.1 Å². The van der Waals surface area contributed by atoms with Crippen molar-refractivity contribution in [1.82, 2.24) is 9.80 Å². The highest BCUT2D eigenvalue weighted by Gasteiger charge is 2.20. The van der Waals surface area contributed by atoms with Crippen molar-refractivity contribution in [2.45, 2.75) is 13.0 Å². The molecule has 0 aliphatic carbocycles. The first-order chi connectivity index (χ1) is 13.6. The third-order valence-electron chi connectivity index (χ3n) is 5.22. The van der Waals surface area contributed by atoms with Crippen molar-refractivity contribution in [3.63, 3.8) is 0 Å². The summed E-state index contributed by atoms with van der Waals surface area (Å²) in [7, 11) is 0. The molecule has 2 aromatic rings. The molecule has 0 saturated carbocycles. The van der Waals surface area contributed by atoms with Gasteiger partial charge in [-0.2, -0.15) is 0 Å². The Morgan fingerprint density at radius 2 is 1.86 bits per heavy atom. The number of nitrogens with one attached hydrogen (secondary N) is 1. The molecule has 2 aliphatic heterocycles.